The van der Waals surface area contributed by atoms with Crippen molar-refractivity contribution in [2.75, 3.05) is 12.8 Å². The largest absolute Gasteiger partial charge is 0.398 e. The van der Waals surface area contributed by atoms with Crippen molar-refractivity contribution >= 4 is 11.6 Å². The molecule has 0 saturated heterocycles. The van der Waals surface area contributed by atoms with Crippen molar-refractivity contribution in [2.45, 2.75) is 51.5 Å². The van der Waals surface area contributed by atoms with E-state index in [0.29, 0.717) is 18.2 Å². The first-order valence-electron chi connectivity index (χ1n) is 7.70. The van der Waals surface area contributed by atoms with Crippen LogP contribution in [0.3, 0.4) is 0 Å². The van der Waals surface area contributed by atoms with Gasteiger partial charge in [-0.3, -0.25) is 4.79 Å². The van der Waals surface area contributed by atoms with E-state index in [1.807, 2.05) is 36.2 Å². The number of nitrogen functional groups attached to an aromatic ring is 1. The van der Waals surface area contributed by atoms with Crippen LogP contribution in [0.15, 0.2) is 24.3 Å². The highest BCUT2D eigenvalue weighted by molar-refractivity contribution is 5.80. The molecular weight excluding hydrogens is 248 g/mol. The van der Waals surface area contributed by atoms with Gasteiger partial charge in [0.05, 0.1) is 6.42 Å². The fraction of sp³-hybridized carbons (Fsp3) is 0.588. The van der Waals surface area contributed by atoms with E-state index < -0.39 is 0 Å². The Morgan fingerprint density at radius 2 is 1.90 bits per heavy atom. The summed E-state index contributed by atoms with van der Waals surface area (Å²) in [7, 11) is 1.94. The maximum Gasteiger partial charge on any atom is 0.227 e. The lowest BCUT2D eigenvalue weighted by atomic mass is 9.84. The first-order chi connectivity index (χ1) is 9.61. The Balaban J connectivity index is 1.91. The van der Waals surface area contributed by atoms with Gasteiger partial charge in [-0.25, -0.2) is 0 Å². The molecule has 2 rings (SSSR count). The molecule has 1 amide bonds. The molecule has 0 atom stereocenters. The minimum atomic E-state index is 0.183. The first-order valence-corrected chi connectivity index (χ1v) is 7.70. The van der Waals surface area contributed by atoms with Crippen LogP contribution in [-0.4, -0.2) is 23.9 Å². The van der Waals surface area contributed by atoms with Gasteiger partial charge in [0.2, 0.25) is 5.91 Å². The van der Waals surface area contributed by atoms with Gasteiger partial charge in [0.25, 0.3) is 0 Å². The average Bonchev–Trinajstić information content (AvgIpc) is 2.49. The Labute approximate surface area is 122 Å². The van der Waals surface area contributed by atoms with Gasteiger partial charge < -0.3 is 10.6 Å². The number of carbonyl (C=O) groups excluding carboxylic acids is 1. The monoisotopic (exact) mass is 274 g/mol. The van der Waals surface area contributed by atoms with E-state index in [9.17, 15) is 4.79 Å². The fourth-order valence-corrected chi connectivity index (χ4v) is 3.13. The van der Waals surface area contributed by atoms with Crippen molar-refractivity contribution in [1.82, 2.24) is 4.90 Å². The van der Waals surface area contributed by atoms with Gasteiger partial charge in [-0.2, -0.15) is 0 Å². The highest BCUT2D eigenvalue weighted by atomic mass is 16.2. The summed E-state index contributed by atoms with van der Waals surface area (Å²) in [6.07, 6.45) is 6.48. The number of para-hydroxylation sites is 1. The van der Waals surface area contributed by atoms with Crippen LogP contribution in [0.5, 0.6) is 0 Å². The molecule has 0 aromatic heterocycles. The molecule has 0 radical (unpaired) electrons. The highest BCUT2D eigenvalue weighted by Crippen LogP contribution is 2.29. The molecule has 1 saturated carbocycles. The molecule has 0 heterocycles. The summed E-state index contributed by atoms with van der Waals surface area (Å²) in [5, 5.41) is 0. The zero-order valence-electron chi connectivity index (χ0n) is 12.6. The minimum Gasteiger partial charge on any atom is -0.398 e. The molecule has 0 spiro atoms. The second-order valence-corrected chi connectivity index (χ2v) is 5.96. The van der Waals surface area contributed by atoms with Gasteiger partial charge in [-0.05, 0) is 43.2 Å². The SMILES string of the molecule is CCC1CCC(N(C)C(=O)Cc2ccccc2N)CC1. The van der Waals surface area contributed by atoms with Crippen molar-refractivity contribution in [3.05, 3.63) is 29.8 Å². The molecule has 1 fully saturated rings. The topological polar surface area (TPSA) is 46.3 Å². The van der Waals surface area contributed by atoms with Crippen LogP contribution in [0.1, 0.15) is 44.6 Å². The Bertz CT molecular complexity index is 450. The molecule has 3 nitrogen and oxygen atoms in total. The smallest absolute Gasteiger partial charge is 0.227 e. The van der Waals surface area contributed by atoms with Gasteiger partial charge >= 0.3 is 0 Å². The number of hydrogen-bond donors (Lipinski definition) is 1. The van der Waals surface area contributed by atoms with Crippen LogP contribution in [-0.2, 0) is 11.2 Å². The molecule has 1 aliphatic rings. The van der Waals surface area contributed by atoms with Crippen molar-refractivity contribution in [2.24, 2.45) is 5.92 Å². The minimum absolute atomic E-state index is 0.183. The van der Waals surface area contributed by atoms with E-state index in [1.165, 1.54) is 19.3 Å². The molecule has 1 aliphatic carbocycles. The molecule has 20 heavy (non-hydrogen) atoms. The lowest BCUT2D eigenvalue weighted by molar-refractivity contribution is -0.132. The summed E-state index contributed by atoms with van der Waals surface area (Å²) < 4.78 is 0. The molecule has 1 aromatic carbocycles. The van der Waals surface area contributed by atoms with Crippen LogP contribution in [0.4, 0.5) is 5.69 Å². The van der Waals surface area contributed by atoms with Crippen LogP contribution < -0.4 is 5.73 Å². The first kappa shape index (κ1) is 14.9. The number of anilines is 1. The predicted molar refractivity (Wildman–Crippen MR) is 83.4 cm³/mol. The summed E-state index contributed by atoms with van der Waals surface area (Å²) in [5.74, 6) is 1.04. The zero-order valence-corrected chi connectivity index (χ0v) is 12.6. The van der Waals surface area contributed by atoms with E-state index in [0.717, 1.165) is 24.3 Å². The molecule has 110 valence electrons. The summed E-state index contributed by atoms with van der Waals surface area (Å²) in [6.45, 7) is 2.26. The summed E-state index contributed by atoms with van der Waals surface area (Å²) >= 11 is 0. The Hall–Kier alpha value is -1.51. The molecular formula is C17H26N2O. The summed E-state index contributed by atoms with van der Waals surface area (Å²) in [6, 6.07) is 8.05. The normalized spacial score (nSPS) is 22.5. The fourth-order valence-electron chi connectivity index (χ4n) is 3.13. The summed E-state index contributed by atoms with van der Waals surface area (Å²) in [4.78, 5) is 14.3. The van der Waals surface area contributed by atoms with Crippen LogP contribution >= 0.6 is 0 Å². The second kappa shape index (κ2) is 6.78. The average molecular weight is 274 g/mol. The van der Waals surface area contributed by atoms with E-state index in [4.69, 9.17) is 5.73 Å². The van der Waals surface area contributed by atoms with Gasteiger partial charge in [0.1, 0.15) is 0 Å². The number of likely N-dealkylation sites (N-methyl/N-ethyl adjacent to an activating group) is 1. The summed E-state index contributed by atoms with van der Waals surface area (Å²) in [5.41, 5.74) is 7.56. The molecule has 2 N–H and O–H groups in total. The Morgan fingerprint density at radius 3 is 2.50 bits per heavy atom. The van der Waals surface area contributed by atoms with Crippen LogP contribution in [0.2, 0.25) is 0 Å². The van der Waals surface area contributed by atoms with Gasteiger partial charge in [-0.1, -0.05) is 31.5 Å². The van der Waals surface area contributed by atoms with Crippen LogP contribution in [0, 0.1) is 5.92 Å². The Morgan fingerprint density at radius 1 is 1.25 bits per heavy atom. The maximum atomic E-state index is 12.4. The molecule has 0 bridgehead atoms. The number of nitrogens with two attached hydrogens (primary N) is 1. The predicted octanol–water partition coefficient (Wildman–Crippen LogP) is 3.24. The van der Waals surface area contributed by atoms with Gasteiger partial charge in [0.15, 0.2) is 0 Å². The number of rotatable bonds is 4. The molecule has 3 heteroatoms. The van der Waals surface area contributed by atoms with E-state index in [1.54, 1.807) is 0 Å². The van der Waals surface area contributed by atoms with E-state index >= 15 is 0 Å². The van der Waals surface area contributed by atoms with Gasteiger partial charge in [-0.15, -0.1) is 0 Å². The van der Waals surface area contributed by atoms with Crippen molar-refractivity contribution in [3.8, 4) is 0 Å². The standard InChI is InChI=1S/C17H26N2O/c1-3-13-8-10-15(11-9-13)19(2)17(20)12-14-6-4-5-7-16(14)18/h4-7,13,15H,3,8-12,18H2,1-2H3. The van der Waals surface area contributed by atoms with Crippen LogP contribution in [0.25, 0.3) is 0 Å². The van der Waals surface area contributed by atoms with Gasteiger partial charge in [0, 0.05) is 18.8 Å². The quantitative estimate of drug-likeness (QED) is 0.857. The number of benzene rings is 1. The third kappa shape index (κ3) is 3.53. The lowest BCUT2D eigenvalue weighted by Gasteiger charge is -2.34. The molecule has 0 unspecified atom stereocenters. The van der Waals surface area contributed by atoms with Crippen molar-refractivity contribution in [1.29, 1.82) is 0 Å². The highest BCUT2D eigenvalue weighted by Gasteiger charge is 2.25. The molecule has 0 aliphatic heterocycles. The number of carbonyl (C=O) groups is 1. The van der Waals surface area contributed by atoms with E-state index in [2.05, 4.69) is 6.92 Å². The third-order valence-electron chi connectivity index (χ3n) is 4.73. The number of amides is 1. The third-order valence-corrected chi connectivity index (χ3v) is 4.73. The number of hydrogen-bond acceptors (Lipinski definition) is 2. The van der Waals surface area contributed by atoms with Crippen molar-refractivity contribution in [3.63, 3.8) is 0 Å². The lowest BCUT2D eigenvalue weighted by Crippen LogP contribution is -2.40. The second-order valence-electron chi connectivity index (χ2n) is 5.96. The molecule has 1 aromatic rings. The van der Waals surface area contributed by atoms with Crippen molar-refractivity contribution < 1.29 is 4.79 Å². The maximum absolute atomic E-state index is 12.4. The zero-order chi connectivity index (χ0) is 14.5. The number of nitrogens with zero attached hydrogens (tertiary/aromatic N) is 1. The Kier molecular flexibility index (Phi) is 5.05. The van der Waals surface area contributed by atoms with E-state index in [-0.39, 0.29) is 5.91 Å².